The van der Waals surface area contributed by atoms with Crippen LogP contribution in [0.2, 0.25) is 0 Å². The Morgan fingerprint density at radius 2 is 1.79 bits per heavy atom. The third kappa shape index (κ3) is 5.94. The molecule has 0 heterocycles. The standard InChI is InChI=1S/C18H18N2O8S/c21-11-28-16-10-12(7-8-15(16)19-9-3-6-17(22)23)29(26,27)20-14-5-2-1-4-13(14)18(24)25/h1-2,4-5,7-8,10-11,19-20H,3,6,9H2,(H,22,23)(H,24,25). The molecule has 0 fully saturated rings. The number of carboxylic acid groups (broad SMARTS) is 2. The highest BCUT2D eigenvalue weighted by molar-refractivity contribution is 7.92. The Morgan fingerprint density at radius 1 is 1.07 bits per heavy atom. The zero-order valence-corrected chi connectivity index (χ0v) is 15.8. The van der Waals surface area contributed by atoms with Gasteiger partial charge in [0.15, 0.2) is 5.75 Å². The first-order chi connectivity index (χ1) is 13.7. The molecule has 0 radical (unpaired) electrons. The second-order valence-corrected chi connectivity index (χ2v) is 7.43. The predicted octanol–water partition coefficient (Wildman–Crippen LogP) is 2.00. The van der Waals surface area contributed by atoms with Gasteiger partial charge in [-0.05, 0) is 30.7 Å². The van der Waals surface area contributed by atoms with E-state index in [-0.39, 0.29) is 41.3 Å². The molecule has 2 rings (SSSR count). The molecule has 0 saturated carbocycles. The molecule has 0 atom stereocenters. The summed E-state index contributed by atoms with van der Waals surface area (Å²) in [5, 5.41) is 20.7. The van der Waals surface area contributed by atoms with E-state index >= 15 is 0 Å². The number of ether oxygens (including phenoxy) is 1. The normalized spacial score (nSPS) is 10.8. The van der Waals surface area contributed by atoms with E-state index < -0.39 is 22.0 Å². The molecule has 0 amide bonds. The summed E-state index contributed by atoms with van der Waals surface area (Å²) in [5.74, 6) is -2.33. The van der Waals surface area contributed by atoms with Gasteiger partial charge in [0, 0.05) is 19.0 Å². The zero-order valence-electron chi connectivity index (χ0n) is 15.0. The molecule has 2 aromatic rings. The monoisotopic (exact) mass is 422 g/mol. The lowest BCUT2D eigenvalue weighted by atomic mass is 10.2. The lowest BCUT2D eigenvalue weighted by Gasteiger charge is -2.14. The number of aliphatic carboxylic acids is 1. The first-order valence-corrected chi connectivity index (χ1v) is 9.78. The van der Waals surface area contributed by atoms with E-state index in [2.05, 4.69) is 10.0 Å². The molecule has 0 aromatic heterocycles. The van der Waals surface area contributed by atoms with E-state index in [4.69, 9.17) is 9.84 Å². The fourth-order valence-corrected chi connectivity index (χ4v) is 3.48. The largest absolute Gasteiger partial charge is 0.481 e. The average molecular weight is 422 g/mol. The van der Waals surface area contributed by atoms with Crippen LogP contribution in [0, 0.1) is 0 Å². The molecule has 0 unspecified atom stereocenters. The molecule has 0 bridgehead atoms. The number of benzene rings is 2. The van der Waals surface area contributed by atoms with Gasteiger partial charge in [-0.15, -0.1) is 0 Å². The molecule has 4 N–H and O–H groups in total. The van der Waals surface area contributed by atoms with Crippen molar-refractivity contribution in [1.29, 1.82) is 0 Å². The molecule has 0 aliphatic carbocycles. The van der Waals surface area contributed by atoms with Gasteiger partial charge in [-0.25, -0.2) is 13.2 Å². The molecule has 11 heteroatoms. The summed E-state index contributed by atoms with van der Waals surface area (Å²) in [6.07, 6.45) is 0.250. The second kappa shape index (κ2) is 9.55. The lowest BCUT2D eigenvalue weighted by molar-refractivity contribution is -0.137. The van der Waals surface area contributed by atoms with Gasteiger partial charge in [-0.1, -0.05) is 12.1 Å². The van der Waals surface area contributed by atoms with Crippen LogP contribution in [0.1, 0.15) is 23.2 Å². The van der Waals surface area contributed by atoms with Crippen LogP contribution in [-0.2, 0) is 19.6 Å². The minimum Gasteiger partial charge on any atom is -0.481 e. The quantitative estimate of drug-likeness (QED) is 0.314. The maximum Gasteiger partial charge on any atom is 0.337 e. The molecule has 154 valence electrons. The predicted molar refractivity (Wildman–Crippen MR) is 103 cm³/mol. The molecule has 29 heavy (non-hydrogen) atoms. The smallest absolute Gasteiger partial charge is 0.337 e. The number of hydrogen-bond donors (Lipinski definition) is 4. The van der Waals surface area contributed by atoms with E-state index in [1.807, 2.05) is 0 Å². The third-order valence-corrected chi connectivity index (χ3v) is 5.09. The summed E-state index contributed by atoms with van der Waals surface area (Å²) in [6.45, 7) is 0.388. The van der Waals surface area contributed by atoms with Gasteiger partial charge < -0.3 is 20.3 Å². The Labute approximate surface area is 166 Å². The molecule has 0 saturated heterocycles. The number of nitrogens with one attached hydrogen (secondary N) is 2. The van der Waals surface area contributed by atoms with Gasteiger partial charge in [0.05, 0.1) is 21.8 Å². The summed E-state index contributed by atoms with van der Waals surface area (Å²) in [5.41, 5.74) is -0.0433. The molecule has 0 aliphatic rings. The average Bonchev–Trinajstić information content (AvgIpc) is 2.66. The zero-order chi connectivity index (χ0) is 21.4. The lowest BCUT2D eigenvalue weighted by Crippen LogP contribution is -2.16. The number of para-hydroxylation sites is 1. The highest BCUT2D eigenvalue weighted by Gasteiger charge is 2.20. The van der Waals surface area contributed by atoms with Gasteiger partial charge in [0.2, 0.25) is 0 Å². The number of sulfonamides is 1. The van der Waals surface area contributed by atoms with Crippen molar-refractivity contribution in [2.75, 3.05) is 16.6 Å². The number of aromatic carboxylic acids is 1. The molecule has 10 nitrogen and oxygen atoms in total. The van der Waals surface area contributed by atoms with E-state index in [9.17, 15) is 27.9 Å². The summed E-state index contributed by atoms with van der Waals surface area (Å²) >= 11 is 0. The van der Waals surface area contributed by atoms with Crippen molar-refractivity contribution in [3.05, 3.63) is 48.0 Å². The highest BCUT2D eigenvalue weighted by Crippen LogP contribution is 2.29. The fourth-order valence-electron chi connectivity index (χ4n) is 2.39. The van der Waals surface area contributed by atoms with E-state index in [0.29, 0.717) is 12.1 Å². The molecule has 0 spiro atoms. The highest BCUT2D eigenvalue weighted by atomic mass is 32.2. The maximum absolute atomic E-state index is 12.6. The van der Waals surface area contributed by atoms with Gasteiger partial charge in [-0.3, -0.25) is 14.3 Å². The van der Waals surface area contributed by atoms with Crippen LogP contribution in [0.15, 0.2) is 47.4 Å². The number of rotatable bonds is 11. The third-order valence-electron chi connectivity index (χ3n) is 3.72. The Kier molecular flexibility index (Phi) is 7.15. The van der Waals surface area contributed by atoms with Gasteiger partial charge in [-0.2, -0.15) is 0 Å². The Hall–Kier alpha value is -3.60. The van der Waals surface area contributed by atoms with Crippen LogP contribution in [0.3, 0.4) is 0 Å². The molecular formula is C18H18N2O8S. The topological polar surface area (TPSA) is 159 Å². The minimum absolute atomic E-state index is 0.0593. The minimum atomic E-state index is -4.18. The molecule has 0 aliphatic heterocycles. The van der Waals surface area contributed by atoms with Gasteiger partial charge in [0.25, 0.3) is 16.5 Å². The van der Waals surface area contributed by atoms with Crippen molar-refractivity contribution in [3.63, 3.8) is 0 Å². The number of hydrogen-bond acceptors (Lipinski definition) is 7. The van der Waals surface area contributed by atoms with E-state index in [1.54, 1.807) is 0 Å². The number of carboxylic acids is 2. The van der Waals surface area contributed by atoms with Crippen molar-refractivity contribution in [2.24, 2.45) is 0 Å². The second-order valence-electron chi connectivity index (χ2n) is 5.75. The summed E-state index contributed by atoms with van der Waals surface area (Å²) in [6, 6.07) is 9.20. The summed E-state index contributed by atoms with van der Waals surface area (Å²) in [4.78, 5) is 32.3. The van der Waals surface area contributed by atoms with Crippen molar-refractivity contribution in [1.82, 2.24) is 0 Å². The van der Waals surface area contributed by atoms with E-state index in [1.165, 1.54) is 36.4 Å². The van der Waals surface area contributed by atoms with Crippen LogP contribution < -0.4 is 14.8 Å². The first kappa shape index (κ1) is 21.7. The maximum atomic E-state index is 12.6. The summed E-state index contributed by atoms with van der Waals surface area (Å²) in [7, 11) is -4.18. The first-order valence-electron chi connectivity index (χ1n) is 8.30. The van der Waals surface area contributed by atoms with Gasteiger partial charge in [0.1, 0.15) is 0 Å². The van der Waals surface area contributed by atoms with Crippen LogP contribution in [0.25, 0.3) is 0 Å². The SMILES string of the molecule is O=COc1cc(S(=O)(=O)Nc2ccccc2C(=O)O)ccc1NCCCC(=O)O. The number of carbonyl (C=O) groups is 3. The number of carbonyl (C=O) groups excluding carboxylic acids is 1. The Balaban J connectivity index is 2.26. The van der Waals surface area contributed by atoms with Crippen LogP contribution in [-0.4, -0.2) is 43.6 Å². The van der Waals surface area contributed by atoms with Crippen molar-refractivity contribution in [3.8, 4) is 5.75 Å². The van der Waals surface area contributed by atoms with E-state index in [0.717, 1.165) is 6.07 Å². The molecule has 2 aromatic carbocycles. The van der Waals surface area contributed by atoms with Crippen molar-refractivity contribution >= 4 is 39.8 Å². The van der Waals surface area contributed by atoms with Crippen molar-refractivity contribution < 1.29 is 37.8 Å². The Bertz CT molecular complexity index is 1020. The van der Waals surface area contributed by atoms with Crippen LogP contribution >= 0.6 is 0 Å². The molecular weight excluding hydrogens is 404 g/mol. The van der Waals surface area contributed by atoms with Gasteiger partial charge >= 0.3 is 11.9 Å². The van der Waals surface area contributed by atoms with Crippen LogP contribution in [0.5, 0.6) is 5.75 Å². The van der Waals surface area contributed by atoms with Crippen LogP contribution in [0.4, 0.5) is 11.4 Å². The summed E-state index contributed by atoms with van der Waals surface area (Å²) < 4.78 is 32.3. The van der Waals surface area contributed by atoms with Crippen molar-refractivity contribution in [2.45, 2.75) is 17.7 Å². The Morgan fingerprint density at radius 3 is 2.45 bits per heavy atom. The fraction of sp³-hybridized carbons (Fsp3) is 0.167. The number of anilines is 2.